The van der Waals surface area contributed by atoms with Crippen molar-refractivity contribution in [2.45, 2.75) is 11.8 Å². The van der Waals surface area contributed by atoms with Crippen LogP contribution in [0.5, 0.6) is 5.88 Å². The third-order valence-electron chi connectivity index (χ3n) is 1.92. The number of rotatable bonds is 3. The number of benzene rings is 1. The molecule has 1 heterocycles. The van der Waals surface area contributed by atoms with Crippen LogP contribution in [0.3, 0.4) is 0 Å². The van der Waals surface area contributed by atoms with Crippen LogP contribution in [0.1, 0.15) is 5.56 Å². The van der Waals surface area contributed by atoms with Gasteiger partial charge in [-0.2, -0.15) is 12.8 Å². The number of aromatic nitrogens is 1. The van der Waals surface area contributed by atoms with Crippen LogP contribution in [0.2, 0.25) is 0 Å². The van der Waals surface area contributed by atoms with Crippen LogP contribution in [0.4, 0.5) is 0 Å². The molecule has 2 rings (SSSR count). The van der Waals surface area contributed by atoms with Crippen LogP contribution < -0.4 is 4.18 Å². The summed E-state index contributed by atoms with van der Waals surface area (Å²) in [5.74, 6) is 0.102. The standard InChI is InChI=1S/C10H9NO3S2/c1-8-2-4-9(5-3-8)16(12,13)14-10-6-7-15-11-10/h2-7H,1H3. The summed E-state index contributed by atoms with van der Waals surface area (Å²) in [7, 11) is -3.76. The van der Waals surface area contributed by atoms with Crippen LogP contribution in [-0.2, 0) is 10.1 Å². The van der Waals surface area contributed by atoms with Gasteiger partial charge in [-0.1, -0.05) is 17.7 Å². The van der Waals surface area contributed by atoms with E-state index in [1.807, 2.05) is 6.92 Å². The Morgan fingerprint density at radius 1 is 1.19 bits per heavy atom. The maximum atomic E-state index is 11.8. The molecule has 1 aromatic heterocycles. The SMILES string of the molecule is Cc1ccc(S(=O)(=O)Oc2ccsn2)cc1. The normalized spacial score (nSPS) is 11.3. The second kappa shape index (κ2) is 4.23. The van der Waals surface area contributed by atoms with Crippen molar-refractivity contribution in [1.29, 1.82) is 0 Å². The highest BCUT2D eigenvalue weighted by atomic mass is 32.2. The molecule has 0 aliphatic heterocycles. The van der Waals surface area contributed by atoms with E-state index < -0.39 is 10.1 Å². The summed E-state index contributed by atoms with van der Waals surface area (Å²) in [6.45, 7) is 1.89. The van der Waals surface area contributed by atoms with Crippen LogP contribution in [0.15, 0.2) is 40.6 Å². The second-order valence-corrected chi connectivity index (χ2v) is 5.40. The van der Waals surface area contributed by atoms with Crippen molar-refractivity contribution in [1.82, 2.24) is 4.37 Å². The molecule has 6 heteroatoms. The Labute approximate surface area is 97.8 Å². The molecule has 16 heavy (non-hydrogen) atoms. The summed E-state index contributed by atoms with van der Waals surface area (Å²) >= 11 is 1.14. The average Bonchev–Trinajstić information content (AvgIpc) is 2.70. The van der Waals surface area contributed by atoms with Gasteiger partial charge in [0.1, 0.15) is 4.90 Å². The van der Waals surface area contributed by atoms with E-state index in [4.69, 9.17) is 4.18 Å². The summed E-state index contributed by atoms with van der Waals surface area (Å²) in [5.41, 5.74) is 0.993. The first-order chi connectivity index (χ1) is 7.58. The third kappa shape index (κ3) is 2.40. The highest BCUT2D eigenvalue weighted by Crippen LogP contribution is 2.18. The smallest absolute Gasteiger partial charge is 0.340 e. The molecule has 0 amide bonds. The Morgan fingerprint density at radius 3 is 2.44 bits per heavy atom. The molecule has 2 aromatic rings. The predicted molar refractivity (Wildman–Crippen MR) is 61.1 cm³/mol. The Morgan fingerprint density at radius 2 is 1.88 bits per heavy atom. The molecule has 0 radical (unpaired) electrons. The topological polar surface area (TPSA) is 56.3 Å². The maximum Gasteiger partial charge on any atom is 0.340 e. The van der Waals surface area contributed by atoms with Crippen molar-refractivity contribution in [3.8, 4) is 5.88 Å². The van der Waals surface area contributed by atoms with E-state index >= 15 is 0 Å². The third-order valence-corrected chi connectivity index (χ3v) is 3.70. The molecule has 0 aliphatic carbocycles. The first kappa shape index (κ1) is 11.1. The minimum Gasteiger partial charge on any atom is -0.357 e. The van der Waals surface area contributed by atoms with E-state index in [2.05, 4.69) is 4.37 Å². The molecule has 0 unspecified atom stereocenters. The molecule has 84 valence electrons. The van der Waals surface area contributed by atoms with E-state index in [9.17, 15) is 8.42 Å². The molecular formula is C10H9NO3S2. The molecule has 1 aromatic carbocycles. The number of hydrogen-bond donors (Lipinski definition) is 0. The van der Waals surface area contributed by atoms with E-state index in [0.29, 0.717) is 0 Å². The second-order valence-electron chi connectivity index (χ2n) is 3.19. The lowest BCUT2D eigenvalue weighted by Crippen LogP contribution is -2.09. The predicted octanol–water partition coefficient (Wildman–Crippen LogP) is 2.22. The van der Waals surface area contributed by atoms with Gasteiger partial charge in [-0.15, -0.1) is 0 Å². The maximum absolute atomic E-state index is 11.8. The van der Waals surface area contributed by atoms with E-state index in [-0.39, 0.29) is 10.8 Å². The molecule has 0 bridgehead atoms. The largest absolute Gasteiger partial charge is 0.357 e. The van der Waals surface area contributed by atoms with E-state index in [1.54, 1.807) is 17.5 Å². The van der Waals surface area contributed by atoms with Gasteiger partial charge in [-0.25, -0.2) is 0 Å². The molecule has 4 nitrogen and oxygen atoms in total. The summed E-state index contributed by atoms with van der Waals surface area (Å²) in [6.07, 6.45) is 0. The highest BCUT2D eigenvalue weighted by Gasteiger charge is 2.16. The van der Waals surface area contributed by atoms with Crippen molar-refractivity contribution < 1.29 is 12.6 Å². The minimum absolute atomic E-state index is 0.102. The lowest BCUT2D eigenvalue weighted by molar-refractivity contribution is 0.479. The number of aryl methyl sites for hydroxylation is 1. The quantitative estimate of drug-likeness (QED) is 0.789. The molecular weight excluding hydrogens is 246 g/mol. The summed E-state index contributed by atoms with van der Waals surface area (Å²) in [5, 5.41) is 1.65. The van der Waals surface area contributed by atoms with Crippen molar-refractivity contribution in [2.75, 3.05) is 0 Å². The summed E-state index contributed by atoms with van der Waals surface area (Å²) < 4.78 is 32.1. The highest BCUT2D eigenvalue weighted by molar-refractivity contribution is 7.87. The zero-order valence-corrected chi connectivity index (χ0v) is 10.1. The molecule has 0 saturated carbocycles. The van der Waals surface area contributed by atoms with E-state index in [1.165, 1.54) is 18.2 Å². The van der Waals surface area contributed by atoms with Crippen LogP contribution >= 0.6 is 11.5 Å². The molecule has 0 saturated heterocycles. The first-order valence-electron chi connectivity index (χ1n) is 4.49. The van der Waals surface area contributed by atoms with Gasteiger partial charge in [0.25, 0.3) is 0 Å². The van der Waals surface area contributed by atoms with Crippen molar-refractivity contribution in [3.63, 3.8) is 0 Å². The van der Waals surface area contributed by atoms with Gasteiger partial charge in [0.2, 0.25) is 5.88 Å². The van der Waals surface area contributed by atoms with Crippen molar-refractivity contribution in [2.24, 2.45) is 0 Å². The Balaban J connectivity index is 2.29. The summed E-state index contributed by atoms with van der Waals surface area (Å²) in [4.78, 5) is 0.131. The Hall–Kier alpha value is -1.40. The number of hydrogen-bond acceptors (Lipinski definition) is 5. The average molecular weight is 255 g/mol. The Bertz CT molecular complexity index is 559. The monoisotopic (exact) mass is 255 g/mol. The van der Waals surface area contributed by atoms with Crippen molar-refractivity contribution >= 4 is 21.7 Å². The molecule has 0 fully saturated rings. The van der Waals surface area contributed by atoms with Gasteiger partial charge in [-0.05, 0) is 30.6 Å². The van der Waals surface area contributed by atoms with Crippen LogP contribution in [0.25, 0.3) is 0 Å². The number of nitrogens with zero attached hydrogens (tertiary/aromatic N) is 1. The van der Waals surface area contributed by atoms with Gasteiger partial charge in [0.05, 0.1) is 0 Å². The van der Waals surface area contributed by atoms with Gasteiger partial charge in [-0.3, -0.25) is 0 Å². The van der Waals surface area contributed by atoms with Crippen LogP contribution in [-0.4, -0.2) is 12.8 Å². The molecule has 0 spiro atoms. The van der Waals surface area contributed by atoms with E-state index in [0.717, 1.165) is 17.1 Å². The molecule has 0 aliphatic rings. The van der Waals surface area contributed by atoms with Gasteiger partial charge < -0.3 is 4.18 Å². The van der Waals surface area contributed by atoms with Crippen LogP contribution in [0, 0.1) is 6.92 Å². The lowest BCUT2D eigenvalue weighted by Gasteiger charge is -2.03. The fraction of sp³-hybridized carbons (Fsp3) is 0.100. The lowest BCUT2D eigenvalue weighted by atomic mass is 10.2. The molecule has 0 atom stereocenters. The van der Waals surface area contributed by atoms with Gasteiger partial charge in [0.15, 0.2) is 0 Å². The van der Waals surface area contributed by atoms with Gasteiger partial charge >= 0.3 is 10.1 Å². The fourth-order valence-electron chi connectivity index (χ4n) is 1.11. The zero-order chi connectivity index (χ0) is 11.6. The minimum atomic E-state index is -3.76. The first-order valence-corrected chi connectivity index (χ1v) is 6.74. The van der Waals surface area contributed by atoms with Gasteiger partial charge in [0, 0.05) is 11.4 Å². The van der Waals surface area contributed by atoms with Crippen molar-refractivity contribution in [3.05, 3.63) is 41.3 Å². The molecule has 0 N–H and O–H groups in total. The Kier molecular flexibility index (Phi) is 2.93. The fourth-order valence-corrected chi connectivity index (χ4v) is 2.48. The zero-order valence-electron chi connectivity index (χ0n) is 8.45. The summed E-state index contributed by atoms with van der Waals surface area (Å²) in [6, 6.07) is 7.97.